The van der Waals surface area contributed by atoms with Gasteiger partial charge >= 0.3 is 6.18 Å². The normalized spacial score (nSPS) is 17.2. The number of hydrogen-bond donors (Lipinski definition) is 1. The molecule has 3 heterocycles. The summed E-state index contributed by atoms with van der Waals surface area (Å²) in [5.41, 5.74) is -0.924. The van der Waals surface area contributed by atoms with E-state index in [2.05, 4.69) is 20.5 Å². The molecule has 1 N–H and O–H groups in total. The first-order valence-electron chi connectivity index (χ1n) is 7.58. The van der Waals surface area contributed by atoms with Crippen molar-refractivity contribution >= 4 is 5.82 Å². The van der Waals surface area contributed by atoms with Crippen LogP contribution in [0.25, 0.3) is 0 Å². The highest BCUT2D eigenvalue weighted by Crippen LogP contribution is 2.30. The fourth-order valence-electron chi connectivity index (χ4n) is 2.77. The lowest BCUT2D eigenvalue weighted by atomic mass is 10.1. The third-order valence-corrected chi connectivity index (χ3v) is 3.99. The van der Waals surface area contributed by atoms with Gasteiger partial charge in [0.15, 0.2) is 0 Å². The molecular weight excluding hydrogens is 321 g/mol. The van der Waals surface area contributed by atoms with Gasteiger partial charge < -0.3 is 9.88 Å². The van der Waals surface area contributed by atoms with Crippen LogP contribution in [-0.2, 0) is 25.6 Å². The molecule has 1 aliphatic rings. The van der Waals surface area contributed by atoms with Crippen molar-refractivity contribution in [2.75, 3.05) is 5.32 Å². The summed E-state index contributed by atoms with van der Waals surface area (Å²) in [4.78, 5) is 3.60. The van der Waals surface area contributed by atoms with Crippen molar-refractivity contribution in [2.45, 2.75) is 44.9 Å². The third-order valence-electron chi connectivity index (χ3n) is 3.99. The smallest absolute Gasteiger partial charge is 0.364 e. The molecule has 0 spiro atoms. The first kappa shape index (κ1) is 16.2. The van der Waals surface area contributed by atoms with Crippen molar-refractivity contribution < 1.29 is 13.2 Å². The van der Waals surface area contributed by atoms with Crippen LogP contribution in [0.5, 0.6) is 0 Å². The van der Waals surface area contributed by atoms with E-state index in [0.717, 1.165) is 30.2 Å². The first-order chi connectivity index (χ1) is 11.4. The lowest BCUT2D eigenvalue weighted by molar-refractivity contribution is -0.141. The van der Waals surface area contributed by atoms with Gasteiger partial charge in [-0.25, -0.2) is 4.98 Å². The molecule has 24 heavy (non-hydrogen) atoms. The molecule has 0 aliphatic carbocycles. The highest BCUT2D eigenvalue weighted by atomic mass is 19.4. The predicted molar refractivity (Wildman–Crippen MR) is 79.1 cm³/mol. The Hall–Kier alpha value is -2.63. The van der Waals surface area contributed by atoms with E-state index in [-0.39, 0.29) is 17.4 Å². The number of hydrogen-bond acceptors (Lipinski definition) is 5. The van der Waals surface area contributed by atoms with Gasteiger partial charge in [-0.15, -0.1) is 10.2 Å². The molecule has 1 aliphatic heterocycles. The molecule has 0 amide bonds. The molecule has 1 unspecified atom stereocenters. The largest absolute Gasteiger partial charge is 0.433 e. The van der Waals surface area contributed by atoms with Crippen molar-refractivity contribution in [3.8, 4) is 6.07 Å². The molecule has 126 valence electrons. The van der Waals surface area contributed by atoms with Gasteiger partial charge in [0, 0.05) is 25.4 Å². The van der Waals surface area contributed by atoms with E-state index < -0.39 is 11.9 Å². The van der Waals surface area contributed by atoms with Gasteiger partial charge in [-0.2, -0.15) is 18.4 Å². The van der Waals surface area contributed by atoms with Crippen molar-refractivity contribution in [1.29, 1.82) is 5.26 Å². The predicted octanol–water partition coefficient (Wildman–Crippen LogP) is 2.55. The van der Waals surface area contributed by atoms with E-state index in [1.165, 1.54) is 0 Å². The molecule has 1 atom stereocenters. The Morgan fingerprint density at radius 3 is 2.83 bits per heavy atom. The molecule has 0 fully saturated rings. The number of nitriles is 1. The minimum atomic E-state index is -4.55. The molecule has 0 bridgehead atoms. The second kappa shape index (κ2) is 6.11. The number of pyridine rings is 1. The Morgan fingerprint density at radius 2 is 2.17 bits per heavy atom. The topological polar surface area (TPSA) is 79.4 Å². The molecule has 0 saturated carbocycles. The van der Waals surface area contributed by atoms with Gasteiger partial charge in [0.2, 0.25) is 0 Å². The summed E-state index contributed by atoms with van der Waals surface area (Å²) in [6, 6.07) is 3.70. The average molecular weight is 336 g/mol. The van der Waals surface area contributed by atoms with Crippen LogP contribution < -0.4 is 5.32 Å². The molecular formula is C15H15F3N6. The highest BCUT2D eigenvalue weighted by molar-refractivity contribution is 5.53. The van der Waals surface area contributed by atoms with Gasteiger partial charge in [0.25, 0.3) is 0 Å². The van der Waals surface area contributed by atoms with E-state index in [1.807, 2.05) is 17.6 Å². The molecule has 0 saturated heterocycles. The average Bonchev–Trinajstić information content (AvgIpc) is 2.96. The fourth-order valence-corrected chi connectivity index (χ4v) is 2.77. The molecule has 2 aromatic rings. The van der Waals surface area contributed by atoms with Crippen LogP contribution in [0.3, 0.4) is 0 Å². The number of alkyl halides is 3. The van der Waals surface area contributed by atoms with Gasteiger partial charge in [0.1, 0.15) is 29.2 Å². The molecule has 9 heteroatoms. The number of fused-ring (bicyclic) bond motifs is 1. The number of nitrogens with zero attached hydrogens (tertiary/aromatic N) is 5. The summed E-state index contributed by atoms with van der Waals surface area (Å²) < 4.78 is 40.5. The summed E-state index contributed by atoms with van der Waals surface area (Å²) in [5, 5.41) is 20.3. The van der Waals surface area contributed by atoms with Crippen LogP contribution in [0, 0.1) is 11.3 Å². The Kier molecular flexibility index (Phi) is 4.13. The number of aryl methyl sites for hydroxylation is 2. The third kappa shape index (κ3) is 3.04. The maximum absolute atomic E-state index is 12.8. The molecule has 6 nitrogen and oxygen atoms in total. The van der Waals surface area contributed by atoms with Crippen LogP contribution in [0.2, 0.25) is 0 Å². The van der Waals surface area contributed by atoms with E-state index in [1.54, 1.807) is 0 Å². The Labute approximate surface area is 136 Å². The molecule has 0 radical (unpaired) electrons. The highest BCUT2D eigenvalue weighted by Gasteiger charge is 2.33. The standard InChI is InChI=1S/C15H15F3N6/c1-2-12-22-23-13-6-4-10(8-24(12)13)20-14-9(7-19)3-5-11(21-14)15(16,17)18/h3,5,10H,2,4,6,8H2,1H3,(H,20,21). The Bertz CT molecular complexity index is 776. The number of nitrogens with one attached hydrogen (secondary N) is 1. The quantitative estimate of drug-likeness (QED) is 0.932. The number of rotatable bonds is 3. The number of aromatic nitrogens is 4. The van der Waals surface area contributed by atoms with E-state index in [9.17, 15) is 13.2 Å². The van der Waals surface area contributed by atoms with E-state index >= 15 is 0 Å². The Morgan fingerprint density at radius 1 is 1.38 bits per heavy atom. The van der Waals surface area contributed by atoms with Crippen molar-refractivity contribution in [2.24, 2.45) is 0 Å². The first-order valence-corrected chi connectivity index (χ1v) is 7.58. The van der Waals surface area contributed by atoms with Gasteiger partial charge in [-0.1, -0.05) is 6.92 Å². The molecule has 2 aromatic heterocycles. The maximum atomic E-state index is 12.8. The van der Waals surface area contributed by atoms with Crippen LogP contribution in [0.4, 0.5) is 19.0 Å². The van der Waals surface area contributed by atoms with Crippen molar-refractivity contribution in [1.82, 2.24) is 19.7 Å². The lowest BCUT2D eigenvalue weighted by Gasteiger charge is -2.26. The van der Waals surface area contributed by atoms with Crippen molar-refractivity contribution in [3.05, 3.63) is 35.0 Å². The van der Waals surface area contributed by atoms with E-state index in [0.29, 0.717) is 19.4 Å². The summed E-state index contributed by atoms with van der Waals surface area (Å²) in [7, 11) is 0. The molecule has 0 aromatic carbocycles. The number of anilines is 1. The summed E-state index contributed by atoms with van der Waals surface area (Å²) >= 11 is 0. The zero-order valence-electron chi connectivity index (χ0n) is 12.9. The van der Waals surface area contributed by atoms with Gasteiger partial charge in [-0.05, 0) is 18.6 Å². The second-order valence-electron chi connectivity index (χ2n) is 5.58. The van der Waals surface area contributed by atoms with Crippen LogP contribution in [-0.4, -0.2) is 25.8 Å². The summed E-state index contributed by atoms with van der Waals surface area (Å²) in [5.74, 6) is 1.68. The summed E-state index contributed by atoms with van der Waals surface area (Å²) in [6.07, 6.45) is -2.46. The molecule has 3 rings (SSSR count). The van der Waals surface area contributed by atoms with Crippen LogP contribution in [0.15, 0.2) is 12.1 Å². The van der Waals surface area contributed by atoms with E-state index in [4.69, 9.17) is 5.26 Å². The monoisotopic (exact) mass is 336 g/mol. The van der Waals surface area contributed by atoms with Gasteiger partial charge in [0.05, 0.1) is 5.56 Å². The maximum Gasteiger partial charge on any atom is 0.433 e. The number of halogens is 3. The lowest BCUT2D eigenvalue weighted by Crippen LogP contribution is -2.33. The fraction of sp³-hybridized carbons (Fsp3) is 0.467. The van der Waals surface area contributed by atoms with Crippen LogP contribution >= 0.6 is 0 Å². The zero-order chi connectivity index (χ0) is 17.3. The zero-order valence-corrected chi connectivity index (χ0v) is 12.9. The summed E-state index contributed by atoms with van der Waals surface area (Å²) in [6.45, 7) is 2.50. The SMILES string of the molecule is CCc1nnc2n1CC(Nc1nc(C(F)(F)F)ccc1C#N)CC2. The minimum Gasteiger partial charge on any atom is -0.364 e. The minimum absolute atomic E-state index is 0.0353. The van der Waals surface area contributed by atoms with Crippen molar-refractivity contribution in [3.63, 3.8) is 0 Å². The second-order valence-corrected chi connectivity index (χ2v) is 5.58. The Balaban J connectivity index is 1.85. The van der Waals surface area contributed by atoms with Crippen LogP contribution in [0.1, 0.15) is 36.3 Å². The van der Waals surface area contributed by atoms with Gasteiger partial charge in [-0.3, -0.25) is 0 Å².